The molecule has 2 heterocycles. The summed E-state index contributed by atoms with van der Waals surface area (Å²) in [5.74, 6) is -2.48. The normalized spacial score (nSPS) is 54.4. The molecule has 35 heavy (non-hydrogen) atoms. The quantitative estimate of drug-likeness (QED) is 0.560. The molecule has 6 nitrogen and oxygen atoms in total. The Bertz CT molecular complexity index is 1020. The van der Waals surface area contributed by atoms with Gasteiger partial charge < -0.3 is 19.3 Å². The number of cyclic esters (lactones) is 1. The molecule has 6 rings (SSSR count). The Hall–Kier alpha value is -1.03. The molecule has 5 fully saturated rings. The number of hydrogen-bond donors (Lipinski definition) is 1. The van der Waals surface area contributed by atoms with E-state index < -0.39 is 56.8 Å². The van der Waals surface area contributed by atoms with Crippen LogP contribution in [0.3, 0.4) is 0 Å². The zero-order valence-corrected chi connectivity index (χ0v) is 21.5. The summed E-state index contributed by atoms with van der Waals surface area (Å²) in [7, 11) is 0. The van der Waals surface area contributed by atoms with Gasteiger partial charge in [0.1, 0.15) is 28.1 Å². The fourth-order valence-corrected chi connectivity index (χ4v) is 10.4. The minimum absolute atomic E-state index is 0.0924. The highest BCUT2D eigenvalue weighted by Gasteiger charge is 2.79. The van der Waals surface area contributed by atoms with Crippen molar-refractivity contribution in [1.82, 2.24) is 0 Å². The van der Waals surface area contributed by atoms with E-state index in [-0.39, 0.29) is 48.9 Å². The van der Waals surface area contributed by atoms with Crippen LogP contribution in [0.15, 0.2) is 11.6 Å². The number of ketones is 1. The maximum absolute atomic E-state index is 17.4. The molecule has 6 aliphatic rings. The third kappa shape index (κ3) is 2.93. The minimum Gasteiger partial charge on any atom is -0.465 e. The molecule has 0 spiro atoms. The topological polar surface area (TPSA) is 82.1 Å². The second kappa shape index (κ2) is 7.29. The van der Waals surface area contributed by atoms with Crippen molar-refractivity contribution in [3.05, 3.63) is 11.6 Å². The first-order valence-electron chi connectivity index (χ1n) is 12.8. The average Bonchev–Trinajstić information content (AvgIpc) is 3.35. The number of esters is 1. The number of halogens is 2. The summed E-state index contributed by atoms with van der Waals surface area (Å²) >= 11 is 1.39. The molecule has 0 radical (unpaired) electrons. The monoisotopic (exact) mass is 512 g/mol. The molecule has 1 N–H and O–H groups in total. The maximum atomic E-state index is 17.4. The van der Waals surface area contributed by atoms with Crippen molar-refractivity contribution in [2.75, 3.05) is 6.61 Å². The van der Waals surface area contributed by atoms with Crippen molar-refractivity contribution >= 4 is 23.5 Å². The van der Waals surface area contributed by atoms with Gasteiger partial charge in [0.15, 0.2) is 11.6 Å². The molecule has 2 saturated heterocycles. The van der Waals surface area contributed by atoms with Crippen LogP contribution in [-0.4, -0.2) is 63.5 Å². The maximum Gasteiger partial charge on any atom is 0.319 e. The van der Waals surface area contributed by atoms with E-state index >= 15 is 8.78 Å². The van der Waals surface area contributed by atoms with Crippen LogP contribution in [0, 0.1) is 22.7 Å². The first-order valence-corrected chi connectivity index (χ1v) is 13.6. The molecule has 194 valence electrons. The van der Waals surface area contributed by atoms with Crippen LogP contribution in [0.4, 0.5) is 8.78 Å². The molecule has 0 unspecified atom stereocenters. The van der Waals surface area contributed by atoms with E-state index in [1.807, 2.05) is 20.8 Å². The SMILES string of the molecule is CC1(C)O[C@@H]2C[C@H]3[C@@H]4C[C@H](F)C5=CC(=O)CC[C@]5(C)[C@@]4(F)[C@@H](O)C[C@]3(C)[C@]2(S[C@@H]2CCOC2=O)O1. The summed E-state index contributed by atoms with van der Waals surface area (Å²) < 4.78 is 51.3. The molecule has 10 atom stereocenters. The van der Waals surface area contributed by atoms with E-state index in [0.29, 0.717) is 19.4 Å². The lowest BCUT2D eigenvalue weighted by atomic mass is 9.44. The van der Waals surface area contributed by atoms with Gasteiger partial charge in [-0.3, -0.25) is 9.59 Å². The molecule has 0 aromatic heterocycles. The molecule has 2 aliphatic heterocycles. The number of rotatable bonds is 2. The summed E-state index contributed by atoms with van der Waals surface area (Å²) in [4.78, 5) is 23.6. The predicted molar refractivity (Wildman–Crippen MR) is 124 cm³/mol. The van der Waals surface area contributed by atoms with Crippen LogP contribution in [0.2, 0.25) is 0 Å². The highest BCUT2D eigenvalue weighted by molar-refractivity contribution is 8.01. The Morgan fingerprint density at radius 2 is 1.89 bits per heavy atom. The number of ether oxygens (including phenoxy) is 3. The van der Waals surface area contributed by atoms with Crippen LogP contribution < -0.4 is 0 Å². The van der Waals surface area contributed by atoms with E-state index in [0.717, 1.165) is 0 Å². The van der Waals surface area contributed by atoms with E-state index in [2.05, 4.69) is 0 Å². The number of aliphatic hydroxyl groups excluding tert-OH is 1. The molecule has 0 aromatic rings. The largest absolute Gasteiger partial charge is 0.465 e. The lowest BCUT2D eigenvalue weighted by molar-refractivity contribution is -0.243. The Labute approximate surface area is 208 Å². The molecule has 0 aromatic carbocycles. The molecule has 9 heteroatoms. The van der Waals surface area contributed by atoms with Gasteiger partial charge >= 0.3 is 5.97 Å². The Morgan fingerprint density at radius 1 is 1.14 bits per heavy atom. The van der Waals surface area contributed by atoms with E-state index in [4.69, 9.17) is 14.2 Å². The Balaban J connectivity index is 1.45. The van der Waals surface area contributed by atoms with Gasteiger partial charge in [0.05, 0.1) is 12.7 Å². The average molecular weight is 513 g/mol. The summed E-state index contributed by atoms with van der Waals surface area (Å²) in [6, 6.07) is 0. The number of carbonyl (C=O) groups excluding carboxylic acids is 2. The number of carbonyl (C=O) groups is 2. The van der Waals surface area contributed by atoms with Gasteiger partial charge in [0.25, 0.3) is 0 Å². The van der Waals surface area contributed by atoms with Gasteiger partial charge in [-0.1, -0.05) is 13.8 Å². The van der Waals surface area contributed by atoms with Crippen molar-refractivity contribution in [1.29, 1.82) is 0 Å². The third-order valence-electron chi connectivity index (χ3n) is 10.1. The van der Waals surface area contributed by atoms with Crippen molar-refractivity contribution in [2.24, 2.45) is 22.7 Å². The first-order chi connectivity index (χ1) is 16.3. The molecule has 4 aliphatic carbocycles. The van der Waals surface area contributed by atoms with Crippen LogP contribution in [0.5, 0.6) is 0 Å². The Kier molecular flexibility index (Phi) is 5.07. The van der Waals surface area contributed by atoms with Gasteiger partial charge in [-0.25, -0.2) is 8.78 Å². The molecule has 0 amide bonds. The lowest BCUT2D eigenvalue weighted by Gasteiger charge is -2.64. The highest BCUT2D eigenvalue weighted by Crippen LogP contribution is 2.75. The van der Waals surface area contributed by atoms with E-state index in [9.17, 15) is 14.7 Å². The third-order valence-corrected chi connectivity index (χ3v) is 12.0. The summed E-state index contributed by atoms with van der Waals surface area (Å²) in [6.45, 7) is 7.67. The van der Waals surface area contributed by atoms with Crippen molar-refractivity contribution in [2.45, 2.75) is 106 Å². The first kappa shape index (κ1) is 24.3. The summed E-state index contributed by atoms with van der Waals surface area (Å²) in [5.41, 5.74) is -3.89. The number of fused-ring (bicyclic) bond motifs is 7. The fraction of sp³-hybridized carbons (Fsp3) is 0.846. The zero-order valence-electron chi connectivity index (χ0n) is 20.6. The second-order valence-corrected chi connectivity index (χ2v) is 13.7. The van der Waals surface area contributed by atoms with E-state index in [1.165, 1.54) is 17.8 Å². The lowest BCUT2D eigenvalue weighted by Crippen LogP contribution is -2.70. The molecular weight excluding hydrogens is 478 g/mol. The molecule has 0 bridgehead atoms. The van der Waals surface area contributed by atoms with Gasteiger partial charge in [0.2, 0.25) is 0 Å². The van der Waals surface area contributed by atoms with Gasteiger partial charge in [-0.15, -0.1) is 11.8 Å². The highest BCUT2D eigenvalue weighted by atomic mass is 32.2. The predicted octanol–water partition coefficient (Wildman–Crippen LogP) is 4.04. The van der Waals surface area contributed by atoms with Gasteiger partial charge in [-0.2, -0.15) is 0 Å². The van der Waals surface area contributed by atoms with Crippen LogP contribution >= 0.6 is 11.8 Å². The fourth-order valence-electron chi connectivity index (χ4n) is 8.57. The van der Waals surface area contributed by atoms with Crippen LogP contribution in [0.1, 0.15) is 66.2 Å². The van der Waals surface area contributed by atoms with Crippen LogP contribution in [-0.2, 0) is 23.8 Å². The standard InChI is InChI=1S/C26H34F2O6S/c1-22(2)33-20-11-14-15-10-17(27)16-9-13(29)5-7-23(16,3)25(15,28)19(30)12-24(14,4)26(20,34-22)35-18-6-8-32-21(18)31/h9,14-15,17-20,30H,5-8,10-12H2,1-4H3/t14-,15-,17-,18+,19-,20+,23-,24-,25-,26-/m0/s1. The smallest absolute Gasteiger partial charge is 0.319 e. The minimum atomic E-state index is -2.07. The number of hydrogen-bond acceptors (Lipinski definition) is 7. The zero-order chi connectivity index (χ0) is 25.2. The number of allylic oxidation sites excluding steroid dienone is 1. The molecule has 3 saturated carbocycles. The summed E-state index contributed by atoms with van der Waals surface area (Å²) in [5, 5.41) is 11.2. The van der Waals surface area contributed by atoms with Gasteiger partial charge in [0, 0.05) is 29.6 Å². The number of alkyl halides is 2. The van der Waals surface area contributed by atoms with Crippen LogP contribution in [0.25, 0.3) is 0 Å². The van der Waals surface area contributed by atoms with Crippen molar-refractivity contribution in [3.63, 3.8) is 0 Å². The Morgan fingerprint density at radius 3 is 2.57 bits per heavy atom. The van der Waals surface area contributed by atoms with Crippen molar-refractivity contribution in [3.8, 4) is 0 Å². The van der Waals surface area contributed by atoms with Gasteiger partial charge in [-0.05, 0) is 57.1 Å². The van der Waals surface area contributed by atoms with E-state index in [1.54, 1.807) is 6.92 Å². The number of aliphatic hydroxyl groups is 1. The summed E-state index contributed by atoms with van der Waals surface area (Å²) in [6.07, 6.45) is -0.623. The van der Waals surface area contributed by atoms with Crippen molar-refractivity contribution < 1.29 is 37.7 Å². The second-order valence-electron chi connectivity index (χ2n) is 12.3. The number of thioether (sulfide) groups is 1. The molecular formula is C26H34F2O6S.